The molecule has 0 aliphatic rings. The molecule has 1 atom stereocenters. The van der Waals surface area contributed by atoms with E-state index in [2.05, 4.69) is 6.92 Å². The summed E-state index contributed by atoms with van der Waals surface area (Å²) in [6.07, 6.45) is 3.73. The zero-order chi connectivity index (χ0) is 12.0. The molecular formula is C13H19ClO2. The molecular weight excluding hydrogens is 224 g/mol. The van der Waals surface area contributed by atoms with Gasteiger partial charge in [0.2, 0.25) is 0 Å². The van der Waals surface area contributed by atoms with Crippen molar-refractivity contribution in [1.29, 1.82) is 0 Å². The Morgan fingerprint density at radius 1 is 1.38 bits per heavy atom. The monoisotopic (exact) mass is 242 g/mol. The molecule has 90 valence electrons. The van der Waals surface area contributed by atoms with Crippen LogP contribution in [0.15, 0.2) is 18.2 Å². The first-order valence-electron chi connectivity index (χ1n) is 5.70. The van der Waals surface area contributed by atoms with Gasteiger partial charge in [-0.05, 0) is 24.1 Å². The summed E-state index contributed by atoms with van der Waals surface area (Å²) in [5.41, 5.74) is 0.863. The van der Waals surface area contributed by atoms with E-state index >= 15 is 0 Å². The van der Waals surface area contributed by atoms with Gasteiger partial charge in [0.1, 0.15) is 5.75 Å². The van der Waals surface area contributed by atoms with Crippen molar-refractivity contribution in [3.05, 3.63) is 28.8 Å². The summed E-state index contributed by atoms with van der Waals surface area (Å²) < 4.78 is 5.06. The van der Waals surface area contributed by atoms with Crippen LogP contribution in [0.25, 0.3) is 0 Å². The van der Waals surface area contributed by atoms with Crippen LogP contribution in [0.3, 0.4) is 0 Å². The first-order valence-corrected chi connectivity index (χ1v) is 6.08. The fourth-order valence-corrected chi connectivity index (χ4v) is 1.91. The van der Waals surface area contributed by atoms with Crippen LogP contribution in [-0.4, -0.2) is 12.2 Å². The lowest BCUT2D eigenvalue weighted by atomic mass is 10.0. The van der Waals surface area contributed by atoms with Crippen molar-refractivity contribution in [2.24, 2.45) is 0 Å². The second kappa shape index (κ2) is 6.77. The van der Waals surface area contributed by atoms with Gasteiger partial charge >= 0.3 is 0 Å². The lowest BCUT2D eigenvalue weighted by molar-refractivity contribution is 0.163. The van der Waals surface area contributed by atoms with Gasteiger partial charge in [0.15, 0.2) is 0 Å². The molecule has 0 bridgehead atoms. The highest BCUT2D eigenvalue weighted by Crippen LogP contribution is 2.29. The van der Waals surface area contributed by atoms with Gasteiger partial charge in [0, 0.05) is 0 Å². The van der Waals surface area contributed by atoms with Gasteiger partial charge in [0.25, 0.3) is 0 Å². The topological polar surface area (TPSA) is 29.5 Å². The minimum atomic E-state index is -0.421. The van der Waals surface area contributed by atoms with E-state index in [0.717, 1.165) is 31.2 Å². The van der Waals surface area contributed by atoms with Crippen molar-refractivity contribution in [2.45, 2.75) is 38.7 Å². The molecule has 3 heteroatoms. The van der Waals surface area contributed by atoms with Crippen LogP contribution < -0.4 is 4.74 Å². The highest BCUT2D eigenvalue weighted by Gasteiger charge is 2.09. The van der Waals surface area contributed by atoms with Crippen LogP contribution in [0.4, 0.5) is 0 Å². The molecule has 1 aromatic rings. The Kier molecular flexibility index (Phi) is 5.64. The highest BCUT2D eigenvalue weighted by atomic mass is 35.5. The van der Waals surface area contributed by atoms with Crippen molar-refractivity contribution in [1.82, 2.24) is 0 Å². The molecule has 0 amide bonds. The van der Waals surface area contributed by atoms with Gasteiger partial charge in [-0.3, -0.25) is 0 Å². The highest BCUT2D eigenvalue weighted by molar-refractivity contribution is 6.32. The number of methoxy groups -OCH3 is 1. The molecule has 0 aromatic heterocycles. The summed E-state index contributed by atoms with van der Waals surface area (Å²) in [6, 6.07) is 5.43. The van der Waals surface area contributed by atoms with Gasteiger partial charge in [-0.2, -0.15) is 0 Å². The molecule has 2 nitrogen and oxygen atoms in total. The summed E-state index contributed by atoms with van der Waals surface area (Å²) >= 11 is 6.00. The molecule has 1 N–H and O–H groups in total. The standard InChI is InChI=1S/C13H19ClO2/c1-3-4-5-6-12(15)10-7-8-13(16-2)11(14)9-10/h7-9,12,15H,3-6H2,1-2H3. The fourth-order valence-electron chi connectivity index (χ4n) is 1.64. The minimum absolute atomic E-state index is 0.421. The van der Waals surface area contributed by atoms with Gasteiger partial charge < -0.3 is 9.84 Å². The van der Waals surface area contributed by atoms with Crippen LogP contribution >= 0.6 is 11.6 Å². The number of hydrogen-bond acceptors (Lipinski definition) is 2. The van der Waals surface area contributed by atoms with E-state index in [1.54, 1.807) is 19.2 Å². The predicted octanol–water partition coefficient (Wildman–Crippen LogP) is 3.96. The zero-order valence-electron chi connectivity index (χ0n) is 9.87. The quantitative estimate of drug-likeness (QED) is 0.765. The Balaban J connectivity index is 2.62. The van der Waals surface area contributed by atoms with E-state index in [4.69, 9.17) is 16.3 Å². The normalized spacial score (nSPS) is 12.5. The molecule has 0 radical (unpaired) electrons. The van der Waals surface area contributed by atoms with Crippen molar-refractivity contribution in [2.75, 3.05) is 7.11 Å². The Hall–Kier alpha value is -0.730. The van der Waals surface area contributed by atoms with E-state index in [-0.39, 0.29) is 0 Å². The van der Waals surface area contributed by atoms with Gasteiger partial charge in [-0.15, -0.1) is 0 Å². The van der Waals surface area contributed by atoms with Crippen molar-refractivity contribution >= 4 is 11.6 Å². The second-order valence-electron chi connectivity index (χ2n) is 3.91. The molecule has 0 heterocycles. The molecule has 1 unspecified atom stereocenters. The Labute approximate surface area is 102 Å². The summed E-state index contributed by atoms with van der Waals surface area (Å²) in [6.45, 7) is 2.15. The Bertz CT molecular complexity index is 326. The molecule has 16 heavy (non-hydrogen) atoms. The number of halogens is 1. The first kappa shape index (κ1) is 13.3. The number of benzene rings is 1. The zero-order valence-corrected chi connectivity index (χ0v) is 10.6. The van der Waals surface area contributed by atoms with Crippen LogP contribution in [0.5, 0.6) is 5.75 Å². The lowest BCUT2D eigenvalue weighted by Gasteiger charge is -2.12. The molecule has 0 fully saturated rings. The van der Waals surface area contributed by atoms with Crippen molar-refractivity contribution in [3.8, 4) is 5.75 Å². The third-order valence-electron chi connectivity index (χ3n) is 2.64. The van der Waals surface area contributed by atoms with E-state index in [9.17, 15) is 5.11 Å². The van der Waals surface area contributed by atoms with Crippen LogP contribution in [0.2, 0.25) is 5.02 Å². The van der Waals surface area contributed by atoms with E-state index in [1.807, 2.05) is 6.07 Å². The fraction of sp³-hybridized carbons (Fsp3) is 0.538. The molecule has 1 rings (SSSR count). The maximum absolute atomic E-state index is 9.94. The van der Waals surface area contributed by atoms with Crippen LogP contribution in [-0.2, 0) is 0 Å². The van der Waals surface area contributed by atoms with Crippen LogP contribution in [0, 0.1) is 0 Å². The lowest BCUT2D eigenvalue weighted by Crippen LogP contribution is -1.98. The number of hydrogen-bond donors (Lipinski definition) is 1. The van der Waals surface area contributed by atoms with Gasteiger partial charge in [0.05, 0.1) is 18.2 Å². The Morgan fingerprint density at radius 2 is 2.12 bits per heavy atom. The van der Waals surface area contributed by atoms with Gasteiger partial charge in [-0.1, -0.05) is 43.9 Å². The molecule has 1 aromatic carbocycles. The summed E-state index contributed by atoms with van der Waals surface area (Å²) in [4.78, 5) is 0. The van der Waals surface area contributed by atoms with E-state index in [0.29, 0.717) is 10.8 Å². The second-order valence-corrected chi connectivity index (χ2v) is 4.31. The molecule has 0 saturated heterocycles. The third kappa shape index (κ3) is 3.69. The summed E-state index contributed by atoms with van der Waals surface area (Å²) in [7, 11) is 1.58. The summed E-state index contributed by atoms with van der Waals surface area (Å²) in [5.74, 6) is 0.645. The van der Waals surface area contributed by atoms with Crippen molar-refractivity contribution < 1.29 is 9.84 Å². The molecule has 0 spiro atoms. The largest absolute Gasteiger partial charge is 0.495 e. The maximum atomic E-state index is 9.94. The molecule has 0 saturated carbocycles. The molecule has 0 aliphatic carbocycles. The number of rotatable bonds is 6. The van der Waals surface area contributed by atoms with E-state index < -0.39 is 6.10 Å². The molecule has 0 aliphatic heterocycles. The SMILES string of the molecule is CCCCCC(O)c1ccc(OC)c(Cl)c1. The van der Waals surface area contributed by atoms with Crippen molar-refractivity contribution in [3.63, 3.8) is 0 Å². The first-order chi connectivity index (χ1) is 7.69. The van der Waals surface area contributed by atoms with E-state index in [1.165, 1.54) is 0 Å². The minimum Gasteiger partial charge on any atom is -0.495 e. The smallest absolute Gasteiger partial charge is 0.137 e. The van der Waals surface area contributed by atoms with Crippen LogP contribution in [0.1, 0.15) is 44.3 Å². The van der Waals surface area contributed by atoms with Gasteiger partial charge in [-0.25, -0.2) is 0 Å². The summed E-state index contributed by atoms with van der Waals surface area (Å²) in [5, 5.41) is 10.5. The average Bonchev–Trinajstić information content (AvgIpc) is 2.29. The number of ether oxygens (including phenoxy) is 1. The maximum Gasteiger partial charge on any atom is 0.137 e. The number of unbranched alkanes of at least 4 members (excludes halogenated alkanes) is 2. The number of aliphatic hydroxyl groups excluding tert-OH is 1. The third-order valence-corrected chi connectivity index (χ3v) is 2.94. The Morgan fingerprint density at radius 3 is 2.69 bits per heavy atom. The average molecular weight is 243 g/mol. The predicted molar refractivity (Wildman–Crippen MR) is 67.1 cm³/mol. The number of aliphatic hydroxyl groups is 1.